The molecule has 1 atom stereocenters. The van der Waals surface area contributed by atoms with Gasteiger partial charge in [-0.25, -0.2) is 0 Å². The molecule has 1 saturated carbocycles. The summed E-state index contributed by atoms with van der Waals surface area (Å²) in [5, 5.41) is 15.6. The first-order valence-electron chi connectivity index (χ1n) is 6.13. The molecule has 0 bridgehead atoms. The third kappa shape index (κ3) is 2.50. The van der Waals surface area contributed by atoms with E-state index in [0.717, 1.165) is 30.7 Å². The number of aliphatic hydroxyl groups is 1. The molecular formula is C13H21ClN2O. The molecule has 1 aromatic rings. The minimum absolute atomic E-state index is 0.231. The average Bonchev–Trinajstić information content (AvgIpc) is 2.59. The summed E-state index contributed by atoms with van der Waals surface area (Å²) in [7, 11) is 1.89. The fourth-order valence-electron chi connectivity index (χ4n) is 2.97. The topological polar surface area (TPSA) is 38.0 Å². The van der Waals surface area contributed by atoms with E-state index in [1.54, 1.807) is 4.68 Å². The minimum Gasteiger partial charge on any atom is -0.389 e. The third-order valence-corrected chi connectivity index (χ3v) is 4.32. The first-order chi connectivity index (χ1) is 7.72. The Morgan fingerprint density at radius 1 is 1.41 bits per heavy atom. The minimum atomic E-state index is -0.618. The summed E-state index contributed by atoms with van der Waals surface area (Å²) in [5.41, 5.74) is 1.40. The SMILES string of the molecule is Cc1nn(C)c(CC2(O)CCC(C)(C)C2)c1Cl. The van der Waals surface area contributed by atoms with Crippen LogP contribution in [0.2, 0.25) is 5.02 Å². The molecule has 1 heterocycles. The molecule has 2 rings (SSSR count). The van der Waals surface area contributed by atoms with Crippen LogP contribution in [0.1, 0.15) is 44.5 Å². The molecule has 1 aliphatic rings. The van der Waals surface area contributed by atoms with Gasteiger partial charge in [-0.3, -0.25) is 4.68 Å². The summed E-state index contributed by atoms with van der Waals surface area (Å²) < 4.78 is 1.79. The van der Waals surface area contributed by atoms with Gasteiger partial charge in [0.2, 0.25) is 0 Å². The Hall–Kier alpha value is -0.540. The van der Waals surface area contributed by atoms with Gasteiger partial charge < -0.3 is 5.11 Å². The lowest BCUT2D eigenvalue weighted by Gasteiger charge is -2.25. The fraction of sp³-hybridized carbons (Fsp3) is 0.769. The Morgan fingerprint density at radius 2 is 2.06 bits per heavy atom. The summed E-state index contributed by atoms with van der Waals surface area (Å²) in [6.45, 7) is 6.32. The van der Waals surface area contributed by atoms with E-state index < -0.39 is 5.60 Å². The predicted octanol–water partition coefficient (Wildman–Crippen LogP) is 2.87. The summed E-state index contributed by atoms with van der Waals surface area (Å²) in [6.07, 6.45) is 3.35. The van der Waals surface area contributed by atoms with E-state index in [4.69, 9.17) is 11.6 Å². The van der Waals surface area contributed by atoms with Gasteiger partial charge in [0, 0.05) is 13.5 Å². The van der Waals surface area contributed by atoms with Crippen molar-refractivity contribution in [1.29, 1.82) is 0 Å². The van der Waals surface area contributed by atoms with E-state index in [1.807, 2.05) is 14.0 Å². The first-order valence-corrected chi connectivity index (χ1v) is 6.51. The molecule has 1 N–H and O–H groups in total. The highest BCUT2D eigenvalue weighted by Gasteiger charge is 2.42. The van der Waals surface area contributed by atoms with Crippen LogP contribution in [0.5, 0.6) is 0 Å². The smallest absolute Gasteiger partial charge is 0.0848 e. The molecule has 17 heavy (non-hydrogen) atoms. The molecule has 0 amide bonds. The maximum atomic E-state index is 10.6. The molecule has 0 spiro atoms. The highest BCUT2D eigenvalue weighted by Crippen LogP contribution is 2.45. The largest absolute Gasteiger partial charge is 0.389 e. The van der Waals surface area contributed by atoms with Crippen molar-refractivity contribution in [3.05, 3.63) is 16.4 Å². The predicted molar refractivity (Wildman–Crippen MR) is 69.2 cm³/mol. The molecule has 1 unspecified atom stereocenters. The highest BCUT2D eigenvalue weighted by atomic mass is 35.5. The molecule has 0 aliphatic heterocycles. The number of aromatic nitrogens is 2. The fourth-order valence-corrected chi connectivity index (χ4v) is 3.20. The number of nitrogens with zero attached hydrogens (tertiary/aromatic N) is 2. The van der Waals surface area contributed by atoms with Crippen molar-refractivity contribution in [2.45, 2.75) is 52.1 Å². The molecule has 1 aromatic heterocycles. The zero-order valence-corrected chi connectivity index (χ0v) is 11.8. The van der Waals surface area contributed by atoms with Crippen LogP contribution in [0.3, 0.4) is 0 Å². The lowest BCUT2D eigenvalue weighted by atomic mass is 9.87. The van der Waals surface area contributed by atoms with E-state index in [1.165, 1.54) is 0 Å². The zero-order chi connectivity index (χ0) is 12.8. The van der Waals surface area contributed by atoms with Gasteiger partial charge in [-0.15, -0.1) is 0 Å². The molecule has 0 saturated heterocycles. The molecule has 0 aromatic carbocycles. The second kappa shape index (κ2) is 3.99. The van der Waals surface area contributed by atoms with Gasteiger partial charge in [0.25, 0.3) is 0 Å². The Bertz CT molecular complexity index is 439. The molecular weight excluding hydrogens is 236 g/mol. The quantitative estimate of drug-likeness (QED) is 0.884. The number of hydrogen-bond donors (Lipinski definition) is 1. The van der Waals surface area contributed by atoms with Crippen molar-refractivity contribution >= 4 is 11.6 Å². The Labute approximate surface area is 108 Å². The van der Waals surface area contributed by atoms with E-state index in [0.29, 0.717) is 11.4 Å². The molecule has 96 valence electrons. The molecule has 1 aliphatic carbocycles. The lowest BCUT2D eigenvalue weighted by molar-refractivity contribution is 0.0361. The van der Waals surface area contributed by atoms with Gasteiger partial charge in [0.1, 0.15) is 0 Å². The van der Waals surface area contributed by atoms with Crippen LogP contribution < -0.4 is 0 Å². The van der Waals surface area contributed by atoms with Crippen molar-refractivity contribution in [1.82, 2.24) is 9.78 Å². The molecule has 3 nitrogen and oxygen atoms in total. The van der Waals surface area contributed by atoms with Crippen molar-refractivity contribution in [3.8, 4) is 0 Å². The monoisotopic (exact) mass is 256 g/mol. The van der Waals surface area contributed by atoms with Crippen LogP contribution >= 0.6 is 11.6 Å². The van der Waals surface area contributed by atoms with E-state index in [-0.39, 0.29) is 5.41 Å². The number of halogens is 1. The Kier molecular flexibility index (Phi) is 3.03. The van der Waals surface area contributed by atoms with Crippen LogP contribution in [0.4, 0.5) is 0 Å². The van der Waals surface area contributed by atoms with Crippen LogP contribution in [-0.2, 0) is 13.5 Å². The maximum Gasteiger partial charge on any atom is 0.0848 e. The highest BCUT2D eigenvalue weighted by molar-refractivity contribution is 6.31. The second-order valence-corrected chi connectivity index (χ2v) is 6.59. The number of hydrogen-bond acceptors (Lipinski definition) is 2. The number of rotatable bonds is 2. The normalized spacial score (nSPS) is 27.6. The van der Waals surface area contributed by atoms with Crippen LogP contribution in [0, 0.1) is 12.3 Å². The van der Waals surface area contributed by atoms with Crippen LogP contribution in [0.25, 0.3) is 0 Å². The summed E-state index contributed by atoms with van der Waals surface area (Å²) >= 11 is 6.23. The summed E-state index contributed by atoms with van der Waals surface area (Å²) in [6, 6.07) is 0. The van der Waals surface area contributed by atoms with Gasteiger partial charge in [0.05, 0.1) is 22.0 Å². The second-order valence-electron chi connectivity index (χ2n) is 6.21. The third-order valence-electron chi connectivity index (χ3n) is 3.83. The zero-order valence-electron chi connectivity index (χ0n) is 11.0. The van der Waals surface area contributed by atoms with Crippen LogP contribution in [0.15, 0.2) is 0 Å². The van der Waals surface area contributed by atoms with E-state index in [9.17, 15) is 5.11 Å². The van der Waals surface area contributed by atoms with E-state index in [2.05, 4.69) is 18.9 Å². The average molecular weight is 257 g/mol. The van der Waals surface area contributed by atoms with Crippen LogP contribution in [-0.4, -0.2) is 20.5 Å². The lowest BCUT2D eigenvalue weighted by Crippen LogP contribution is -2.30. The van der Waals surface area contributed by atoms with Crippen molar-refractivity contribution < 1.29 is 5.11 Å². The van der Waals surface area contributed by atoms with Gasteiger partial charge in [-0.2, -0.15) is 5.10 Å². The summed E-state index contributed by atoms with van der Waals surface area (Å²) in [5.74, 6) is 0. The standard InChI is InChI=1S/C13H21ClN2O/c1-9-11(14)10(16(4)15-9)7-13(17)6-5-12(2,3)8-13/h17H,5-8H2,1-4H3. The van der Waals surface area contributed by atoms with Gasteiger partial charge >= 0.3 is 0 Å². The molecule has 1 fully saturated rings. The van der Waals surface area contributed by atoms with Crippen molar-refractivity contribution in [2.75, 3.05) is 0 Å². The maximum absolute atomic E-state index is 10.6. The number of aryl methyl sites for hydroxylation is 2. The first kappa shape index (κ1) is 12.9. The van der Waals surface area contributed by atoms with Gasteiger partial charge in [-0.05, 0) is 31.6 Å². The molecule has 4 heteroatoms. The van der Waals surface area contributed by atoms with Crippen molar-refractivity contribution in [2.24, 2.45) is 12.5 Å². The van der Waals surface area contributed by atoms with Crippen molar-refractivity contribution in [3.63, 3.8) is 0 Å². The van der Waals surface area contributed by atoms with Gasteiger partial charge in [-0.1, -0.05) is 25.4 Å². The van der Waals surface area contributed by atoms with E-state index >= 15 is 0 Å². The van der Waals surface area contributed by atoms with Gasteiger partial charge in [0.15, 0.2) is 0 Å². The Balaban J connectivity index is 2.22. The Morgan fingerprint density at radius 3 is 2.47 bits per heavy atom. The summed E-state index contributed by atoms with van der Waals surface area (Å²) in [4.78, 5) is 0. The molecule has 0 radical (unpaired) electrons.